The van der Waals surface area contributed by atoms with Gasteiger partial charge in [0.2, 0.25) is 0 Å². The molecule has 0 spiro atoms. The Kier molecular flexibility index (Phi) is 3.92. The minimum absolute atomic E-state index is 0.248. The summed E-state index contributed by atoms with van der Waals surface area (Å²) in [6.45, 7) is 1.53. The molecule has 1 atom stereocenters. The molecule has 88 valence electrons. The van der Waals surface area contributed by atoms with Crippen molar-refractivity contribution < 1.29 is 17.9 Å². The maximum atomic E-state index is 12.4. The fourth-order valence-electron chi connectivity index (χ4n) is 1.42. The number of nitrogens with zero attached hydrogens (tertiary/aromatic N) is 1. The van der Waals surface area contributed by atoms with Gasteiger partial charge in [-0.2, -0.15) is 13.2 Å². The lowest BCUT2D eigenvalue weighted by Crippen LogP contribution is -2.47. The van der Waals surface area contributed by atoms with Crippen molar-refractivity contribution in [1.82, 2.24) is 4.90 Å². The molecule has 0 aliphatic carbocycles. The van der Waals surface area contributed by atoms with E-state index in [1.165, 1.54) is 0 Å². The Bertz CT molecular complexity index is 226. The molecule has 0 aromatic rings. The quantitative estimate of drug-likeness (QED) is 0.541. The number of rotatable bonds is 3. The second-order valence-electron chi connectivity index (χ2n) is 3.46. The Morgan fingerprint density at radius 3 is 2.33 bits per heavy atom. The van der Waals surface area contributed by atoms with Crippen LogP contribution < -0.4 is 5.73 Å². The van der Waals surface area contributed by atoms with Crippen LogP contribution in [0.4, 0.5) is 13.2 Å². The first-order valence-corrected chi connectivity index (χ1v) is 4.62. The normalized spacial score (nSPS) is 21.3. The molecular weight excluding hydrogens is 211 g/mol. The van der Waals surface area contributed by atoms with Crippen molar-refractivity contribution in [3.63, 3.8) is 0 Å². The van der Waals surface area contributed by atoms with Crippen molar-refractivity contribution in [1.29, 1.82) is 5.41 Å². The smallest absolute Gasteiger partial charge is 0.387 e. The Hall–Kier alpha value is -0.820. The Morgan fingerprint density at radius 1 is 1.40 bits per heavy atom. The summed E-state index contributed by atoms with van der Waals surface area (Å²) in [6, 6.07) is 0. The molecule has 1 fully saturated rings. The van der Waals surface area contributed by atoms with Crippen LogP contribution in [0.2, 0.25) is 0 Å². The molecule has 4 nitrogen and oxygen atoms in total. The van der Waals surface area contributed by atoms with Crippen molar-refractivity contribution in [3.05, 3.63) is 0 Å². The van der Waals surface area contributed by atoms with E-state index in [9.17, 15) is 13.2 Å². The van der Waals surface area contributed by atoms with Crippen LogP contribution in [-0.2, 0) is 4.74 Å². The molecule has 1 unspecified atom stereocenters. The highest BCUT2D eigenvalue weighted by Crippen LogP contribution is 2.27. The van der Waals surface area contributed by atoms with Gasteiger partial charge < -0.3 is 10.5 Å². The summed E-state index contributed by atoms with van der Waals surface area (Å²) in [7, 11) is 0. The SMILES string of the molecule is N=C(N)C(CN1CCOCC1)C(F)(F)F. The monoisotopic (exact) mass is 225 g/mol. The molecule has 1 aliphatic heterocycles. The van der Waals surface area contributed by atoms with Gasteiger partial charge in [-0.15, -0.1) is 0 Å². The van der Waals surface area contributed by atoms with Crippen LogP contribution in [0.5, 0.6) is 0 Å². The lowest BCUT2D eigenvalue weighted by Gasteiger charge is -2.30. The van der Waals surface area contributed by atoms with Gasteiger partial charge in [-0.25, -0.2) is 0 Å². The van der Waals surface area contributed by atoms with Crippen molar-refractivity contribution in [2.75, 3.05) is 32.8 Å². The van der Waals surface area contributed by atoms with E-state index in [0.29, 0.717) is 26.3 Å². The minimum atomic E-state index is -4.44. The maximum Gasteiger partial charge on any atom is 0.399 e. The van der Waals surface area contributed by atoms with Gasteiger partial charge in [0, 0.05) is 19.6 Å². The number of hydrogen-bond acceptors (Lipinski definition) is 3. The summed E-state index contributed by atoms with van der Waals surface area (Å²) < 4.78 is 42.4. The van der Waals surface area contributed by atoms with E-state index in [1.54, 1.807) is 4.90 Å². The van der Waals surface area contributed by atoms with Gasteiger partial charge in [0.15, 0.2) is 0 Å². The molecule has 3 N–H and O–H groups in total. The van der Waals surface area contributed by atoms with Gasteiger partial charge >= 0.3 is 6.18 Å². The topological polar surface area (TPSA) is 62.3 Å². The van der Waals surface area contributed by atoms with Crippen molar-refractivity contribution in [2.45, 2.75) is 6.18 Å². The molecule has 0 bridgehead atoms. The number of hydrogen-bond donors (Lipinski definition) is 2. The van der Waals surface area contributed by atoms with Gasteiger partial charge in [0.25, 0.3) is 0 Å². The lowest BCUT2D eigenvalue weighted by molar-refractivity contribution is -0.162. The number of morpholine rings is 1. The summed E-state index contributed by atoms with van der Waals surface area (Å²) in [5.74, 6) is -2.69. The predicted molar refractivity (Wildman–Crippen MR) is 48.7 cm³/mol. The Labute approximate surface area is 85.7 Å². The van der Waals surface area contributed by atoms with Crippen LogP contribution >= 0.6 is 0 Å². The average molecular weight is 225 g/mol. The zero-order valence-corrected chi connectivity index (χ0v) is 8.18. The summed E-state index contributed by atoms with van der Waals surface area (Å²) in [6.07, 6.45) is -4.44. The lowest BCUT2D eigenvalue weighted by atomic mass is 10.1. The van der Waals surface area contributed by atoms with Crippen LogP contribution in [0.25, 0.3) is 0 Å². The Balaban J connectivity index is 2.54. The fourth-order valence-corrected chi connectivity index (χ4v) is 1.42. The van der Waals surface area contributed by atoms with E-state index >= 15 is 0 Å². The number of amidine groups is 1. The highest BCUT2D eigenvalue weighted by Gasteiger charge is 2.42. The maximum absolute atomic E-state index is 12.4. The van der Waals surface area contributed by atoms with E-state index in [4.69, 9.17) is 15.9 Å². The molecule has 1 rings (SSSR count). The number of ether oxygens (including phenoxy) is 1. The van der Waals surface area contributed by atoms with Crippen LogP contribution in [0.3, 0.4) is 0 Å². The van der Waals surface area contributed by atoms with Crippen molar-refractivity contribution in [3.8, 4) is 0 Å². The number of alkyl halides is 3. The molecule has 0 aromatic carbocycles. The highest BCUT2D eigenvalue weighted by atomic mass is 19.4. The molecule has 0 amide bonds. The van der Waals surface area contributed by atoms with E-state index in [0.717, 1.165) is 0 Å². The second kappa shape index (κ2) is 4.80. The van der Waals surface area contributed by atoms with E-state index in [1.807, 2.05) is 0 Å². The van der Waals surface area contributed by atoms with Crippen LogP contribution in [0.15, 0.2) is 0 Å². The van der Waals surface area contributed by atoms with E-state index in [-0.39, 0.29) is 6.54 Å². The summed E-state index contributed by atoms with van der Waals surface area (Å²) >= 11 is 0. The van der Waals surface area contributed by atoms with Gasteiger partial charge in [0.05, 0.1) is 13.2 Å². The first-order valence-electron chi connectivity index (χ1n) is 4.62. The predicted octanol–water partition coefficient (Wildman–Crippen LogP) is 0.433. The molecule has 1 aliphatic rings. The third-order valence-corrected chi connectivity index (χ3v) is 2.32. The zero-order chi connectivity index (χ0) is 11.5. The number of nitrogens with one attached hydrogen (secondary N) is 1. The zero-order valence-electron chi connectivity index (χ0n) is 8.18. The molecule has 0 saturated carbocycles. The number of nitrogens with two attached hydrogens (primary N) is 1. The van der Waals surface area contributed by atoms with Gasteiger partial charge in [-0.1, -0.05) is 0 Å². The highest BCUT2D eigenvalue weighted by molar-refractivity contribution is 5.80. The molecule has 15 heavy (non-hydrogen) atoms. The van der Waals surface area contributed by atoms with Crippen LogP contribution in [0, 0.1) is 11.3 Å². The minimum Gasteiger partial charge on any atom is -0.387 e. The standard InChI is InChI=1S/C8H14F3N3O/c9-8(10,11)6(7(12)13)5-14-1-3-15-4-2-14/h6H,1-5H2,(H3,12,13). The van der Waals surface area contributed by atoms with Crippen molar-refractivity contribution in [2.24, 2.45) is 11.7 Å². The van der Waals surface area contributed by atoms with Gasteiger partial charge in [-0.05, 0) is 0 Å². The third kappa shape index (κ3) is 3.67. The average Bonchev–Trinajstić information content (AvgIpc) is 2.13. The molecule has 1 heterocycles. The molecule has 1 saturated heterocycles. The molecular formula is C8H14F3N3O. The third-order valence-electron chi connectivity index (χ3n) is 2.32. The first kappa shape index (κ1) is 12.3. The summed E-state index contributed by atoms with van der Waals surface area (Å²) in [5.41, 5.74) is 4.95. The summed E-state index contributed by atoms with van der Waals surface area (Å²) in [4.78, 5) is 1.61. The second-order valence-corrected chi connectivity index (χ2v) is 3.46. The number of halogens is 3. The van der Waals surface area contributed by atoms with Crippen molar-refractivity contribution >= 4 is 5.84 Å². The largest absolute Gasteiger partial charge is 0.399 e. The van der Waals surface area contributed by atoms with Gasteiger partial charge in [0.1, 0.15) is 11.8 Å². The van der Waals surface area contributed by atoms with Crippen LogP contribution in [-0.4, -0.2) is 49.8 Å². The fraction of sp³-hybridized carbons (Fsp3) is 0.875. The molecule has 0 radical (unpaired) electrons. The Morgan fingerprint density at radius 2 is 1.93 bits per heavy atom. The van der Waals surface area contributed by atoms with E-state index in [2.05, 4.69) is 0 Å². The van der Waals surface area contributed by atoms with E-state index < -0.39 is 17.9 Å². The molecule has 0 aromatic heterocycles. The van der Waals surface area contributed by atoms with Gasteiger partial charge in [-0.3, -0.25) is 10.3 Å². The summed E-state index contributed by atoms with van der Waals surface area (Å²) in [5, 5.41) is 6.93. The molecule has 7 heteroatoms. The van der Waals surface area contributed by atoms with Crippen LogP contribution in [0.1, 0.15) is 0 Å². The first-order chi connectivity index (χ1) is 6.91.